The van der Waals surface area contributed by atoms with Crippen LogP contribution in [0.15, 0.2) is 36.4 Å². The molecule has 0 bridgehead atoms. The van der Waals surface area contributed by atoms with Gasteiger partial charge in [-0.25, -0.2) is 9.18 Å². The van der Waals surface area contributed by atoms with E-state index in [9.17, 15) is 14.0 Å². The minimum absolute atomic E-state index is 0.0930. The standard InChI is InChI=1S/C20H22FN3O2/c1-12-8-13(2)19(14(3)9-12)23-20(26)22-16-10-18(25)24(11-16)17-6-4-15(21)5-7-17/h4-9,16H,10-11H2,1-3H3,(H2,22,23,26)/t16-/m1/s1. The summed E-state index contributed by atoms with van der Waals surface area (Å²) in [5.41, 5.74) is 4.54. The number of nitrogens with zero attached hydrogens (tertiary/aromatic N) is 1. The van der Waals surface area contributed by atoms with E-state index >= 15 is 0 Å². The molecule has 1 aliphatic heterocycles. The van der Waals surface area contributed by atoms with Gasteiger partial charge in [0, 0.05) is 24.3 Å². The van der Waals surface area contributed by atoms with Crippen LogP contribution in [-0.2, 0) is 4.79 Å². The number of benzene rings is 2. The fourth-order valence-corrected chi connectivity index (χ4v) is 3.39. The molecule has 2 N–H and O–H groups in total. The third kappa shape index (κ3) is 3.85. The maximum Gasteiger partial charge on any atom is 0.319 e. The molecule has 0 aliphatic carbocycles. The van der Waals surface area contributed by atoms with Crippen LogP contribution in [0, 0.1) is 26.6 Å². The van der Waals surface area contributed by atoms with Crippen LogP contribution in [0.5, 0.6) is 0 Å². The number of halogens is 1. The third-order valence-electron chi connectivity index (χ3n) is 4.51. The van der Waals surface area contributed by atoms with Gasteiger partial charge in [-0.3, -0.25) is 4.79 Å². The smallest absolute Gasteiger partial charge is 0.319 e. The molecule has 1 fully saturated rings. The number of aryl methyl sites for hydroxylation is 3. The van der Waals surface area contributed by atoms with E-state index in [1.165, 1.54) is 12.1 Å². The molecule has 0 aromatic heterocycles. The van der Waals surface area contributed by atoms with Gasteiger partial charge in [-0.2, -0.15) is 0 Å². The first-order valence-electron chi connectivity index (χ1n) is 8.55. The Morgan fingerprint density at radius 2 is 1.73 bits per heavy atom. The van der Waals surface area contributed by atoms with Gasteiger partial charge >= 0.3 is 6.03 Å². The minimum Gasteiger partial charge on any atom is -0.333 e. The van der Waals surface area contributed by atoms with Crippen molar-refractivity contribution in [1.82, 2.24) is 5.32 Å². The first-order valence-corrected chi connectivity index (χ1v) is 8.55. The Morgan fingerprint density at radius 1 is 1.12 bits per heavy atom. The van der Waals surface area contributed by atoms with Crippen molar-refractivity contribution in [1.29, 1.82) is 0 Å². The molecule has 6 heteroatoms. The molecule has 3 rings (SSSR count). The molecule has 0 unspecified atom stereocenters. The van der Waals surface area contributed by atoms with Crippen molar-refractivity contribution in [2.75, 3.05) is 16.8 Å². The molecule has 1 atom stereocenters. The van der Waals surface area contributed by atoms with Crippen LogP contribution in [-0.4, -0.2) is 24.5 Å². The SMILES string of the molecule is Cc1cc(C)c(NC(=O)N[C@@H]2CC(=O)N(c3ccc(F)cc3)C2)c(C)c1. The summed E-state index contributed by atoms with van der Waals surface area (Å²) in [6, 6.07) is 9.16. The number of rotatable bonds is 3. The molecule has 0 radical (unpaired) electrons. The van der Waals surface area contributed by atoms with Crippen LogP contribution in [0.4, 0.5) is 20.6 Å². The van der Waals surface area contributed by atoms with Crippen LogP contribution >= 0.6 is 0 Å². The lowest BCUT2D eigenvalue weighted by molar-refractivity contribution is -0.117. The highest BCUT2D eigenvalue weighted by molar-refractivity contribution is 5.98. The summed E-state index contributed by atoms with van der Waals surface area (Å²) >= 11 is 0. The van der Waals surface area contributed by atoms with Gasteiger partial charge in [0.1, 0.15) is 5.82 Å². The second-order valence-corrected chi connectivity index (χ2v) is 6.75. The lowest BCUT2D eigenvalue weighted by Gasteiger charge is -2.18. The van der Waals surface area contributed by atoms with Crippen LogP contribution < -0.4 is 15.5 Å². The van der Waals surface area contributed by atoms with Crippen molar-refractivity contribution in [2.45, 2.75) is 33.2 Å². The number of hydrogen-bond donors (Lipinski definition) is 2. The fraction of sp³-hybridized carbons (Fsp3) is 0.300. The lowest BCUT2D eigenvalue weighted by Crippen LogP contribution is -2.40. The summed E-state index contributed by atoms with van der Waals surface area (Å²) in [5.74, 6) is -0.442. The largest absolute Gasteiger partial charge is 0.333 e. The number of nitrogens with one attached hydrogen (secondary N) is 2. The number of carbonyl (C=O) groups is 2. The molecule has 1 aliphatic rings. The first kappa shape index (κ1) is 17.9. The monoisotopic (exact) mass is 355 g/mol. The van der Waals surface area contributed by atoms with Crippen molar-refractivity contribution < 1.29 is 14.0 Å². The van der Waals surface area contributed by atoms with Crippen LogP contribution in [0.3, 0.4) is 0 Å². The van der Waals surface area contributed by atoms with E-state index in [0.717, 1.165) is 22.4 Å². The van der Waals surface area contributed by atoms with Crippen molar-refractivity contribution in [2.24, 2.45) is 0 Å². The normalized spacial score (nSPS) is 16.7. The number of amides is 3. The molecule has 1 saturated heterocycles. The van der Waals surface area contributed by atoms with Gasteiger partial charge in [0.25, 0.3) is 0 Å². The second-order valence-electron chi connectivity index (χ2n) is 6.75. The zero-order valence-electron chi connectivity index (χ0n) is 15.1. The fourth-order valence-electron chi connectivity index (χ4n) is 3.39. The van der Waals surface area contributed by atoms with Crippen molar-refractivity contribution in [3.8, 4) is 0 Å². The molecule has 26 heavy (non-hydrogen) atoms. The maximum absolute atomic E-state index is 13.0. The van der Waals surface area contributed by atoms with Gasteiger partial charge in [-0.15, -0.1) is 0 Å². The van der Waals surface area contributed by atoms with E-state index in [4.69, 9.17) is 0 Å². The summed E-state index contributed by atoms with van der Waals surface area (Å²) < 4.78 is 13.0. The Labute approximate surface area is 152 Å². The minimum atomic E-state index is -0.349. The molecule has 0 spiro atoms. The lowest BCUT2D eigenvalue weighted by atomic mass is 10.1. The Kier molecular flexibility index (Phi) is 4.93. The van der Waals surface area contributed by atoms with Gasteiger partial charge in [0.2, 0.25) is 5.91 Å². The molecule has 1 heterocycles. The van der Waals surface area contributed by atoms with E-state index in [2.05, 4.69) is 10.6 Å². The predicted octanol–water partition coefficient (Wildman–Crippen LogP) is 3.68. The van der Waals surface area contributed by atoms with E-state index in [-0.39, 0.29) is 30.2 Å². The number of hydrogen-bond acceptors (Lipinski definition) is 2. The maximum atomic E-state index is 13.0. The summed E-state index contributed by atoms with van der Waals surface area (Å²) in [5, 5.41) is 5.73. The van der Waals surface area contributed by atoms with Crippen LogP contribution in [0.2, 0.25) is 0 Å². The summed E-state index contributed by atoms with van der Waals surface area (Å²) in [6.45, 7) is 6.28. The van der Waals surface area contributed by atoms with Crippen molar-refractivity contribution in [3.05, 3.63) is 58.9 Å². The second kappa shape index (κ2) is 7.15. The van der Waals surface area contributed by atoms with Crippen molar-refractivity contribution in [3.63, 3.8) is 0 Å². The average Bonchev–Trinajstić information content (AvgIpc) is 2.92. The number of carbonyl (C=O) groups excluding carboxylic acids is 2. The predicted molar refractivity (Wildman–Crippen MR) is 100.0 cm³/mol. The Morgan fingerprint density at radius 3 is 2.35 bits per heavy atom. The highest BCUT2D eigenvalue weighted by atomic mass is 19.1. The molecular formula is C20H22FN3O2. The highest BCUT2D eigenvalue weighted by Gasteiger charge is 2.31. The molecule has 5 nitrogen and oxygen atoms in total. The van der Waals surface area contributed by atoms with Crippen LogP contribution in [0.25, 0.3) is 0 Å². The van der Waals surface area contributed by atoms with E-state index < -0.39 is 0 Å². The zero-order chi connectivity index (χ0) is 18.8. The number of anilines is 2. The summed E-state index contributed by atoms with van der Waals surface area (Å²) in [7, 11) is 0. The van der Waals surface area contributed by atoms with E-state index in [0.29, 0.717) is 12.2 Å². The van der Waals surface area contributed by atoms with Gasteiger partial charge in [-0.1, -0.05) is 17.7 Å². The Hall–Kier alpha value is -2.89. The van der Waals surface area contributed by atoms with Gasteiger partial charge in [-0.05, 0) is 56.2 Å². The summed E-state index contributed by atoms with van der Waals surface area (Å²) in [4.78, 5) is 26.1. The third-order valence-corrected chi connectivity index (χ3v) is 4.51. The van der Waals surface area contributed by atoms with Crippen molar-refractivity contribution >= 4 is 23.3 Å². The Bertz CT molecular complexity index is 826. The molecule has 3 amide bonds. The number of urea groups is 1. The highest BCUT2D eigenvalue weighted by Crippen LogP contribution is 2.23. The topological polar surface area (TPSA) is 61.4 Å². The summed E-state index contributed by atoms with van der Waals surface area (Å²) in [6.07, 6.45) is 0.219. The molecule has 0 saturated carbocycles. The average molecular weight is 355 g/mol. The van der Waals surface area contributed by atoms with E-state index in [1.807, 2.05) is 32.9 Å². The molecule has 2 aromatic rings. The van der Waals surface area contributed by atoms with Gasteiger partial charge < -0.3 is 15.5 Å². The zero-order valence-corrected chi connectivity index (χ0v) is 15.1. The molecule has 136 valence electrons. The van der Waals surface area contributed by atoms with E-state index in [1.54, 1.807) is 17.0 Å². The first-order chi connectivity index (χ1) is 12.3. The van der Waals surface area contributed by atoms with Gasteiger partial charge in [0.05, 0.1) is 6.04 Å². The Balaban J connectivity index is 1.64. The molecule has 2 aromatic carbocycles. The van der Waals surface area contributed by atoms with Gasteiger partial charge in [0.15, 0.2) is 0 Å². The van der Waals surface area contributed by atoms with Crippen LogP contribution in [0.1, 0.15) is 23.1 Å². The molecular weight excluding hydrogens is 333 g/mol. The quantitative estimate of drug-likeness (QED) is 0.882.